The number of imidazole rings is 1. The van der Waals surface area contributed by atoms with E-state index in [1.54, 1.807) is 29.1 Å². The van der Waals surface area contributed by atoms with E-state index in [0.29, 0.717) is 29.9 Å². The fourth-order valence-electron chi connectivity index (χ4n) is 2.86. The molecule has 22 heavy (non-hydrogen) atoms. The van der Waals surface area contributed by atoms with Crippen molar-refractivity contribution in [3.05, 3.63) is 35.9 Å². The highest BCUT2D eigenvalue weighted by atomic mass is 16.5. The van der Waals surface area contributed by atoms with Crippen molar-refractivity contribution in [2.75, 3.05) is 7.11 Å². The number of rotatable bonds is 3. The molecular weight excluding hydrogens is 286 g/mol. The minimum Gasteiger partial charge on any atom is -0.476 e. The molecule has 7 nitrogen and oxygen atoms in total. The molecule has 0 radical (unpaired) electrons. The molecule has 1 unspecified atom stereocenters. The number of aromatic carboxylic acids is 1. The molecule has 1 aliphatic heterocycles. The smallest absolute Gasteiger partial charge is 0.356 e. The molecule has 2 aromatic heterocycles. The number of ether oxygens (including phenoxy) is 1. The average Bonchev–Trinajstić information content (AvgIpc) is 2.95. The van der Waals surface area contributed by atoms with Gasteiger partial charge in [-0.1, -0.05) is 0 Å². The minimum atomic E-state index is -1.09. The van der Waals surface area contributed by atoms with Gasteiger partial charge in [0.05, 0.1) is 12.8 Å². The highest BCUT2D eigenvalue weighted by molar-refractivity contribution is 5.88. The predicted octanol–water partition coefficient (Wildman–Crippen LogP) is 1.69. The van der Waals surface area contributed by atoms with E-state index in [2.05, 4.69) is 9.97 Å². The molecule has 0 saturated carbocycles. The molecule has 0 fully saturated rings. The van der Waals surface area contributed by atoms with Crippen LogP contribution in [-0.4, -0.2) is 38.7 Å². The molecule has 114 valence electrons. The average molecular weight is 301 g/mol. The summed E-state index contributed by atoms with van der Waals surface area (Å²) in [4.78, 5) is 31.8. The lowest BCUT2D eigenvalue weighted by Crippen LogP contribution is -2.27. The highest BCUT2D eigenvalue weighted by Gasteiger charge is 2.34. The molecule has 3 rings (SSSR count). The fourth-order valence-corrected chi connectivity index (χ4v) is 2.86. The molecule has 0 bridgehead atoms. The summed E-state index contributed by atoms with van der Waals surface area (Å²) in [6, 6.07) is 2.98. The highest BCUT2D eigenvalue weighted by Crippen LogP contribution is 2.34. The lowest BCUT2D eigenvalue weighted by molar-refractivity contribution is -0.145. The summed E-state index contributed by atoms with van der Waals surface area (Å²) >= 11 is 0. The standard InChI is InChI=1S/C15H15N3O4/c1-22-15(21)11-6-2-5-10-12(14(19)20)17-13(18(10)11)9-4-3-7-16-8-9/h3-4,7-8,11H,2,5-6H2,1H3,(H,19,20). The summed E-state index contributed by atoms with van der Waals surface area (Å²) in [6.07, 6.45) is 5.12. The molecule has 7 heteroatoms. The van der Waals surface area contributed by atoms with E-state index in [9.17, 15) is 14.7 Å². The SMILES string of the molecule is COC(=O)C1CCCc2c(C(=O)O)nc(-c3cccnc3)n21. The lowest BCUT2D eigenvalue weighted by atomic mass is 10.0. The number of aromatic nitrogens is 3. The van der Waals surface area contributed by atoms with Crippen molar-refractivity contribution in [3.63, 3.8) is 0 Å². The van der Waals surface area contributed by atoms with Crippen LogP contribution in [-0.2, 0) is 16.0 Å². The number of carboxylic acid groups (broad SMARTS) is 1. The van der Waals surface area contributed by atoms with Gasteiger partial charge < -0.3 is 14.4 Å². The molecule has 0 aromatic carbocycles. The zero-order valence-corrected chi connectivity index (χ0v) is 12.0. The summed E-state index contributed by atoms with van der Waals surface area (Å²) in [5.74, 6) is -1.04. The summed E-state index contributed by atoms with van der Waals surface area (Å²) in [5.41, 5.74) is 1.23. The number of hydrogen-bond acceptors (Lipinski definition) is 5. The molecule has 1 N–H and O–H groups in total. The molecule has 0 saturated heterocycles. The third-order valence-corrected chi connectivity index (χ3v) is 3.81. The van der Waals surface area contributed by atoms with Gasteiger partial charge in [-0.25, -0.2) is 14.6 Å². The maximum atomic E-state index is 12.1. The summed E-state index contributed by atoms with van der Waals surface area (Å²) in [5, 5.41) is 9.38. The zero-order valence-electron chi connectivity index (χ0n) is 12.0. The molecule has 2 aromatic rings. The van der Waals surface area contributed by atoms with Gasteiger partial charge in [0.2, 0.25) is 0 Å². The van der Waals surface area contributed by atoms with Gasteiger partial charge in [-0.3, -0.25) is 4.98 Å². The minimum absolute atomic E-state index is 0.00699. The van der Waals surface area contributed by atoms with Crippen molar-refractivity contribution in [1.29, 1.82) is 0 Å². The van der Waals surface area contributed by atoms with Gasteiger partial charge in [0, 0.05) is 18.0 Å². The van der Waals surface area contributed by atoms with Crippen molar-refractivity contribution in [2.45, 2.75) is 25.3 Å². The van der Waals surface area contributed by atoms with Crippen LogP contribution in [0.15, 0.2) is 24.5 Å². The van der Waals surface area contributed by atoms with E-state index in [0.717, 1.165) is 6.42 Å². The fraction of sp³-hybridized carbons (Fsp3) is 0.333. The lowest BCUT2D eigenvalue weighted by Gasteiger charge is -2.25. The first-order valence-corrected chi connectivity index (χ1v) is 6.96. The van der Waals surface area contributed by atoms with Gasteiger partial charge in [0.25, 0.3) is 0 Å². The molecule has 1 atom stereocenters. The summed E-state index contributed by atoms with van der Waals surface area (Å²) in [6.45, 7) is 0. The van der Waals surface area contributed by atoms with Crippen LogP contribution in [0.1, 0.15) is 35.1 Å². The molecule has 3 heterocycles. The number of hydrogen-bond donors (Lipinski definition) is 1. The number of nitrogens with zero attached hydrogens (tertiary/aromatic N) is 3. The summed E-state index contributed by atoms with van der Waals surface area (Å²) < 4.78 is 6.55. The van der Waals surface area contributed by atoms with Crippen LogP contribution >= 0.6 is 0 Å². The number of esters is 1. The molecule has 1 aliphatic rings. The second-order valence-electron chi connectivity index (χ2n) is 5.08. The number of methoxy groups -OCH3 is 1. The van der Waals surface area contributed by atoms with E-state index >= 15 is 0 Å². The van der Waals surface area contributed by atoms with Crippen LogP contribution in [0.3, 0.4) is 0 Å². The number of fused-ring (bicyclic) bond motifs is 1. The van der Waals surface area contributed by atoms with Crippen molar-refractivity contribution in [3.8, 4) is 11.4 Å². The van der Waals surface area contributed by atoms with Crippen LogP contribution in [0.2, 0.25) is 0 Å². The van der Waals surface area contributed by atoms with Crippen molar-refractivity contribution in [1.82, 2.24) is 14.5 Å². The Morgan fingerprint density at radius 3 is 2.91 bits per heavy atom. The Bertz CT molecular complexity index is 724. The van der Waals surface area contributed by atoms with Gasteiger partial charge >= 0.3 is 11.9 Å². The van der Waals surface area contributed by atoms with Crippen molar-refractivity contribution >= 4 is 11.9 Å². The first kappa shape index (κ1) is 14.2. The molecule has 0 spiro atoms. The number of carbonyl (C=O) groups is 2. The van der Waals surface area contributed by atoms with Gasteiger partial charge in [-0.2, -0.15) is 0 Å². The molecular formula is C15H15N3O4. The summed E-state index contributed by atoms with van der Waals surface area (Å²) in [7, 11) is 1.33. The number of pyridine rings is 1. The Morgan fingerprint density at radius 2 is 2.27 bits per heavy atom. The van der Waals surface area contributed by atoms with E-state index in [-0.39, 0.29) is 11.7 Å². The number of carboxylic acids is 1. The van der Waals surface area contributed by atoms with Crippen LogP contribution in [0.25, 0.3) is 11.4 Å². The topological polar surface area (TPSA) is 94.3 Å². The first-order valence-electron chi connectivity index (χ1n) is 6.96. The van der Waals surface area contributed by atoms with Crippen LogP contribution in [0.5, 0.6) is 0 Å². The van der Waals surface area contributed by atoms with E-state index in [1.807, 2.05) is 0 Å². The quantitative estimate of drug-likeness (QED) is 0.867. The van der Waals surface area contributed by atoms with Gasteiger partial charge in [0.15, 0.2) is 5.69 Å². The maximum absolute atomic E-state index is 12.1. The van der Waals surface area contributed by atoms with Crippen LogP contribution in [0, 0.1) is 0 Å². The van der Waals surface area contributed by atoms with Crippen molar-refractivity contribution < 1.29 is 19.4 Å². The van der Waals surface area contributed by atoms with Crippen molar-refractivity contribution in [2.24, 2.45) is 0 Å². The third-order valence-electron chi connectivity index (χ3n) is 3.81. The van der Waals surface area contributed by atoms with Crippen LogP contribution < -0.4 is 0 Å². The van der Waals surface area contributed by atoms with E-state index in [4.69, 9.17) is 4.74 Å². The maximum Gasteiger partial charge on any atom is 0.356 e. The van der Waals surface area contributed by atoms with E-state index in [1.165, 1.54) is 7.11 Å². The second kappa shape index (κ2) is 5.59. The Hall–Kier alpha value is -2.70. The second-order valence-corrected chi connectivity index (χ2v) is 5.08. The van der Waals surface area contributed by atoms with Gasteiger partial charge in [-0.15, -0.1) is 0 Å². The Kier molecular flexibility index (Phi) is 3.62. The monoisotopic (exact) mass is 301 g/mol. The molecule has 0 amide bonds. The Morgan fingerprint density at radius 1 is 1.45 bits per heavy atom. The van der Waals surface area contributed by atoms with Crippen LogP contribution in [0.4, 0.5) is 0 Å². The Balaban J connectivity index is 2.22. The predicted molar refractivity (Wildman–Crippen MR) is 76.4 cm³/mol. The largest absolute Gasteiger partial charge is 0.476 e. The normalized spacial score (nSPS) is 16.9. The van der Waals surface area contributed by atoms with E-state index < -0.39 is 12.0 Å². The molecule has 0 aliphatic carbocycles. The Labute approximate surface area is 126 Å². The number of carbonyl (C=O) groups excluding carboxylic acids is 1. The third kappa shape index (κ3) is 2.24. The first-order chi connectivity index (χ1) is 10.6. The van der Waals surface area contributed by atoms with Gasteiger partial charge in [0.1, 0.15) is 11.9 Å². The van der Waals surface area contributed by atoms with Gasteiger partial charge in [-0.05, 0) is 31.4 Å². The zero-order chi connectivity index (χ0) is 15.7.